The third kappa shape index (κ3) is 3.10. The first kappa shape index (κ1) is 10.7. The number of rotatable bonds is 3. The molecule has 1 rings (SSSR count). The molecule has 1 aromatic rings. The highest BCUT2D eigenvalue weighted by atomic mass is 79.9. The first-order valence-corrected chi connectivity index (χ1v) is 5.00. The molecule has 0 bridgehead atoms. The molecule has 2 atom stereocenters. The Bertz CT molecular complexity index is 273. The summed E-state index contributed by atoms with van der Waals surface area (Å²) < 4.78 is 0.967. The highest BCUT2D eigenvalue weighted by Crippen LogP contribution is 2.18. The molecule has 0 spiro atoms. The largest absolute Gasteiger partial charge is 0.391 e. The van der Waals surface area contributed by atoms with Gasteiger partial charge in [0.2, 0.25) is 0 Å². The van der Waals surface area contributed by atoms with Gasteiger partial charge in [-0.25, -0.2) is 0 Å². The average Bonchev–Trinajstić information content (AvgIpc) is 2.08. The van der Waals surface area contributed by atoms with Crippen molar-refractivity contribution in [3.05, 3.63) is 34.3 Å². The molecule has 2 nitrogen and oxygen atoms in total. The van der Waals surface area contributed by atoms with Crippen LogP contribution in [-0.4, -0.2) is 22.4 Å². The normalized spacial score (nSPS) is 15.4. The summed E-state index contributed by atoms with van der Waals surface area (Å²) in [5.41, 5.74) is 1.01. The summed E-state index contributed by atoms with van der Waals surface area (Å²) in [6, 6.07) is 7.68. The minimum absolute atomic E-state index is 0.471. The van der Waals surface area contributed by atoms with Crippen molar-refractivity contribution in [3.63, 3.8) is 0 Å². The number of benzene rings is 1. The topological polar surface area (TPSA) is 40.5 Å². The van der Waals surface area contributed by atoms with Crippen LogP contribution in [0.3, 0.4) is 0 Å². The van der Waals surface area contributed by atoms with Gasteiger partial charge in [0.05, 0.1) is 12.2 Å². The van der Waals surface area contributed by atoms with E-state index in [1.165, 1.54) is 0 Å². The number of halogens is 1. The summed E-state index contributed by atoms with van der Waals surface area (Å²) in [6.45, 7) is 1.58. The van der Waals surface area contributed by atoms with Gasteiger partial charge in [0.25, 0.3) is 0 Å². The average molecular weight is 245 g/mol. The Hall–Kier alpha value is -0.380. The van der Waals surface area contributed by atoms with Crippen LogP contribution in [-0.2, 0) is 6.42 Å². The van der Waals surface area contributed by atoms with Crippen LogP contribution in [0.15, 0.2) is 28.7 Å². The quantitative estimate of drug-likeness (QED) is 0.851. The SMILES string of the molecule is CC(O)C(O)Cc1ccccc1Br. The van der Waals surface area contributed by atoms with Crippen LogP contribution < -0.4 is 0 Å². The lowest BCUT2D eigenvalue weighted by molar-refractivity contribution is 0.0319. The lowest BCUT2D eigenvalue weighted by Crippen LogP contribution is -2.24. The van der Waals surface area contributed by atoms with Crippen molar-refractivity contribution in [2.24, 2.45) is 0 Å². The van der Waals surface area contributed by atoms with Gasteiger partial charge in [-0.3, -0.25) is 0 Å². The predicted octanol–water partition coefficient (Wildman–Crippen LogP) is 1.73. The van der Waals surface area contributed by atoms with E-state index in [-0.39, 0.29) is 0 Å². The zero-order chi connectivity index (χ0) is 9.84. The van der Waals surface area contributed by atoms with Crippen molar-refractivity contribution >= 4 is 15.9 Å². The maximum Gasteiger partial charge on any atom is 0.0836 e. The first-order chi connectivity index (χ1) is 6.11. The molecule has 0 amide bonds. The molecule has 72 valence electrons. The molecule has 13 heavy (non-hydrogen) atoms. The van der Waals surface area contributed by atoms with Crippen molar-refractivity contribution in [1.29, 1.82) is 0 Å². The molecule has 0 saturated heterocycles. The number of hydrogen-bond acceptors (Lipinski definition) is 2. The zero-order valence-corrected chi connectivity index (χ0v) is 9.03. The second-order valence-electron chi connectivity index (χ2n) is 3.10. The lowest BCUT2D eigenvalue weighted by atomic mass is 10.1. The third-order valence-electron chi connectivity index (χ3n) is 1.94. The molecule has 0 saturated carbocycles. The zero-order valence-electron chi connectivity index (χ0n) is 7.44. The van der Waals surface area contributed by atoms with E-state index in [4.69, 9.17) is 5.11 Å². The summed E-state index contributed by atoms with van der Waals surface area (Å²) in [5, 5.41) is 18.5. The van der Waals surface area contributed by atoms with E-state index in [0.29, 0.717) is 6.42 Å². The number of aliphatic hydroxyl groups is 2. The van der Waals surface area contributed by atoms with E-state index in [0.717, 1.165) is 10.0 Å². The van der Waals surface area contributed by atoms with E-state index in [9.17, 15) is 5.11 Å². The van der Waals surface area contributed by atoms with Crippen LogP contribution in [0, 0.1) is 0 Å². The highest BCUT2D eigenvalue weighted by Gasteiger charge is 2.12. The van der Waals surface area contributed by atoms with Gasteiger partial charge >= 0.3 is 0 Å². The molecule has 0 aliphatic rings. The molecule has 0 radical (unpaired) electrons. The molecule has 0 aliphatic carbocycles. The summed E-state index contributed by atoms with van der Waals surface area (Å²) in [5.74, 6) is 0. The molecule has 0 fully saturated rings. The lowest BCUT2D eigenvalue weighted by Gasteiger charge is -2.14. The maximum atomic E-state index is 9.43. The first-order valence-electron chi connectivity index (χ1n) is 4.21. The van der Waals surface area contributed by atoms with Gasteiger partial charge in [-0.05, 0) is 18.6 Å². The summed E-state index contributed by atoms with van der Waals surface area (Å²) in [6.07, 6.45) is -0.912. The second kappa shape index (κ2) is 4.74. The molecule has 2 unspecified atom stereocenters. The molecule has 0 aliphatic heterocycles. The van der Waals surface area contributed by atoms with Crippen LogP contribution in [0.5, 0.6) is 0 Å². The van der Waals surface area contributed by atoms with Gasteiger partial charge in [-0.15, -0.1) is 0 Å². The third-order valence-corrected chi connectivity index (χ3v) is 2.72. The van der Waals surface area contributed by atoms with Gasteiger partial charge in [-0.1, -0.05) is 34.1 Å². The fourth-order valence-electron chi connectivity index (χ4n) is 1.06. The van der Waals surface area contributed by atoms with Crippen LogP contribution >= 0.6 is 15.9 Å². The Morgan fingerprint density at radius 3 is 2.46 bits per heavy atom. The van der Waals surface area contributed by atoms with Crippen LogP contribution in [0.4, 0.5) is 0 Å². The smallest absolute Gasteiger partial charge is 0.0836 e. The van der Waals surface area contributed by atoms with E-state index in [1.807, 2.05) is 24.3 Å². The number of hydrogen-bond donors (Lipinski definition) is 2. The number of aliphatic hydroxyl groups excluding tert-OH is 2. The summed E-state index contributed by atoms with van der Waals surface area (Å²) in [4.78, 5) is 0. The van der Waals surface area contributed by atoms with E-state index in [1.54, 1.807) is 6.92 Å². The van der Waals surface area contributed by atoms with Crippen molar-refractivity contribution in [1.82, 2.24) is 0 Å². The minimum atomic E-state index is -0.696. The Morgan fingerprint density at radius 1 is 1.31 bits per heavy atom. The molecule has 2 N–H and O–H groups in total. The van der Waals surface area contributed by atoms with Gasteiger partial charge in [-0.2, -0.15) is 0 Å². The van der Waals surface area contributed by atoms with E-state index < -0.39 is 12.2 Å². The monoisotopic (exact) mass is 244 g/mol. The van der Waals surface area contributed by atoms with Crippen LogP contribution in [0.25, 0.3) is 0 Å². The Balaban J connectivity index is 2.69. The van der Waals surface area contributed by atoms with Gasteiger partial charge in [0.1, 0.15) is 0 Å². The fourth-order valence-corrected chi connectivity index (χ4v) is 1.51. The molecule has 0 aromatic heterocycles. The highest BCUT2D eigenvalue weighted by molar-refractivity contribution is 9.10. The predicted molar refractivity (Wildman–Crippen MR) is 55.5 cm³/mol. The molecule has 0 heterocycles. The maximum absolute atomic E-state index is 9.43. The van der Waals surface area contributed by atoms with Gasteiger partial charge in [0, 0.05) is 10.9 Å². The van der Waals surface area contributed by atoms with Crippen molar-refractivity contribution in [2.45, 2.75) is 25.6 Å². The Morgan fingerprint density at radius 2 is 1.92 bits per heavy atom. The second-order valence-corrected chi connectivity index (χ2v) is 3.96. The Kier molecular flexibility index (Phi) is 3.90. The van der Waals surface area contributed by atoms with E-state index in [2.05, 4.69) is 15.9 Å². The fraction of sp³-hybridized carbons (Fsp3) is 0.400. The van der Waals surface area contributed by atoms with Crippen molar-refractivity contribution in [3.8, 4) is 0 Å². The minimum Gasteiger partial charge on any atom is -0.391 e. The van der Waals surface area contributed by atoms with Crippen molar-refractivity contribution < 1.29 is 10.2 Å². The van der Waals surface area contributed by atoms with Crippen LogP contribution in [0.2, 0.25) is 0 Å². The van der Waals surface area contributed by atoms with Crippen molar-refractivity contribution in [2.75, 3.05) is 0 Å². The van der Waals surface area contributed by atoms with Gasteiger partial charge in [0.15, 0.2) is 0 Å². The molecular weight excluding hydrogens is 232 g/mol. The standard InChI is InChI=1S/C10H13BrO2/c1-7(12)10(13)6-8-4-2-3-5-9(8)11/h2-5,7,10,12-13H,6H2,1H3. The Labute approximate surface area is 86.3 Å². The molecular formula is C10H13BrO2. The summed E-state index contributed by atoms with van der Waals surface area (Å²) in [7, 11) is 0. The van der Waals surface area contributed by atoms with E-state index >= 15 is 0 Å². The van der Waals surface area contributed by atoms with Gasteiger partial charge < -0.3 is 10.2 Å². The summed E-state index contributed by atoms with van der Waals surface area (Å²) >= 11 is 3.38. The molecule has 1 aromatic carbocycles. The molecule has 3 heteroatoms. The van der Waals surface area contributed by atoms with Crippen LogP contribution in [0.1, 0.15) is 12.5 Å².